The van der Waals surface area contributed by atoms with Gasteiger partial charge < -0.3 is 10.3 Å². The van der Waals surface area contributed by atoms with Crippen molar-refractivity contribution in [3.63, 3.8) is 0 Å². The van der Waals surface area contributed by atoms with Gasteiger partial charge >= 0.3 is 0 Å². The Bertz CT molecular complexity index is 385. The van der Waals surface area contributed by atoms with Crippen LogP contribution in [0, 0.1) is 5.92 Å². The Balaban J connectivity index is 2.16. The lowest BCUT2D eigenvalue weighted by molar-refractivity contribution is 0.198. The second kappa shape index (κ2) is 6.53. The van der Waals surface area contributed by atoms with Crippen molar-refractivity contribution in [3.05, 3.63) is 18.2 Å². The summed E-state index contributed by atoms with van der Waals surface area (Å²) in [5.74, 6) is 0.846. The molecule has 4 nitrogen and oxygen atoms in total. The summed E-state index contributed by atoms with van der Waals surface area (Å²) in [6.07, 6.45) is 7.84. The number of hydrogen-bond donors (Lipinski definition) is 1. The van der Waals surface area contributed by atoms with E-state index in [0.717, 1.165) is 19.0 Å². The zero-order valence-electron chi connectivity index (χ0n) is 12.5. The molecule has 2 atom stereocenters. The summed E-state index contributed by atoms with van der Waals surface area (Å²) in [6, 6.07) is 0.757. The molecule has 0 spiro atoms. The van der Waals surface area contributed by atoms with Gasteiger partial charge in [0, 0.05) is 18.8 Å². The summed E-state index contributed by atoms with van der Waals surface area (Å²) >= 11 is 0. The highest BCUT2D eigenvalue weighted by molar-refractivity contribution is 5.08. The van der Waals surface area contributed by atoms with Gasteiger partial charge in [0.15, 0.2) is 0 Å². The molecule has 108 valence electrons. The van der Waals surface area contributed by atoms with Crippen LogP contribution in [0.3, 0.4) is 0 Å². The smallest absolute Gasteiger partial charge is 0.0951 e. The highest BCUT2D eigenvalue weighted by Crippen LogP contribution is 2.26. The maximum atomic E-state index is 6.07. The van der Waals surface area contributed by atoms with Gasteiger partial charge in [0.1, 0.15) is 0 Å². The largest absolute Gasteiger partial charge is 0.331 e. The first kappa shape index (κ1) is 14.5. The fraction of sp³-hybridized carbons (Fsp3) is 0.800. The van der Waals surface area contributed by atoms with Gasteiger partial charge in [-0.1, -0.05) is 6.92 Å². The third kappa shape index (κ3) is 3.37. The summed E-state index contributed by atoms with van der Waals surface area (Å²) in [5.41, 5.74) is 7.34. The molecular formula is C15H28N4. The Morgan fingerprint density at radius 2 is 2.16 bits per heavy atom. The van der Waals surface area contributed by atoms with E-state index in [4.69, 9.17) is 5.73 Å². The van der Waals surface area contributed by atoms with Gasteiger partial charge in [-0.3, -0.25) is 4.90 Å². The van der Waals surface area contributed by atoms with E-state index in [2.05, 4.69) is 35.2 Å². The topological polar surface area (TPSA) is 47.1 Å². The van der Waals surface area contributed by atoms with Crippen LogP contribution < -0.4 is 5.73 Å². The molecule has 0 aromatic carbocycles. The molecule has 0 radical (unpaired) electrons. The predicted octanol–water partition coefficient (Wildman–Crippen LogP) is 2.59. The number of nitrogens with zero attached hydrogens (tertiary/aromatic N) is 3. The monoisotopic (exact) mass is 264 g/mol. The quantitative estimate of drug-likeness (QED) is 0.909. The van der Waals surface area contributed by atoms with Gasteiger partial charge in [-0.05, 0) is 52.1 Å². The second-order valence-corrected chi connectivity index (χ2v) is 6.14. The normalized spacial score (nSPS) is 23.5. The van der Waals surface area contributed by atoms with Gasteiger partial charge in [0.25, 0.3) is 0 Å². The molecule has 1 aliphatic rings. The van der Waals surface area contributed by atoms with Crippen LogP contribution in [0.25, 0.3) is 0 Å². The lowest BCUT2D eigenvalue weighted by Gasteiger charge is -2.31. The van der Waals surface area contributed by atoms with Crippen molar-refractivity contribution in [2.75, 3.05) is 19.6 Å². The average molecular weight is 264 g/mol. The lowest BCUT2D eigenvalue weighted by Crippen LogP contribution is -2.36. The van der Waals surface area contributed by atoms with E-state index >= 15 is 0 Å². The molecule has 1 fully saturated rings. The molecule has 0 bridgehead atoms. The van der Waals surface area contributed by atoms with Gasteiger partial charge in [0.05, 0.1) is 18.1 Å². The standard InChI is InChI=1S/C15H28N4/c1-12(2)19-11-17-10-15(19)14(9-16)18-7-4-5-13(3)6-8-18/h10-14H,4-9,16H2,1-3H3. The minimum atomic E-state index is 0.315. The first-order chi connectivity index (χ1) is 9.13. The van der Waals surface area contributed by atoms with Crippen molar-refractivity contribution in [1.29, 1.82) is 0 Å². The number of aromatic nitrogens is 2. The highest BCUT2D eigenvalue weighted by Gasteiger charge is 2.25. The average Bonchev–Trinajstić information content (AvgIpc) is 2.76. The van der Waals surface area contributed by atoms with Crippen molar-refractivity contribution in [2.24, 2.45) is 11.7 Å². The van der Waals surface area contributed by atoms with Crippen LogP contribution >= 0.6 is 0 Å². The number of likely N-dealkylation sites (tertiary alicyclic amines) is 1. The zero-order chi connectivity index (χ0) is 13.8. The van der Waals surface area contributed by atoms with Crippen molar-refractivity contribution in [2.45, 2.75) is 52.1 Å². The summed E-state index contributed by atoms with van der Waals surface area (Å²) in [6.45, 7) is 9.75. The Morgan fingerprint density at radius 1 is 1.37 bits per heavy atom. The van der Waals surface area contributed by atoms with E-state index in [1.807, 2.05) is 12.5 Å². The van der Waals surface area contributed by atoms with Crippen molar-refractivity contribution in [1.82, 2.24) is 14.5 Å². The first-order valence-corrected chi connectivity index (χ1v) is 7.59. The van der Waals surface area contributed by atoms with Gasteiger partial charge in [-0.15, -0.1) is 0 Å². The molecule has 0 saturated carbocycles. The van der Waals surface area contributed by atoms with E-state index in [1.165, 1.54) is 25.0 Å². The minimum Gasteiger partial charge on any atom is -0.331 e. The third-order valence-electron chi connectivity index (χ3n) is 4.31. The van der Waals surface area contributed by atoms with Crippen LogP contribution in [0.4, 0.5) is 0 Å². The van der Waals surface area contributed by atoms with E-state index in [0.29, 0.717) is 18.6 Å². The first-order valence-electron chi connectivity index (χ1n) is 7.59. The van der Waals surface area contributed by atoms with Gasteiger partial charge in [-0.25, -0.2) is 4.98 Å². The van der Waals surface area contributed by atoms with Crippen LogP contribution in [-0.2, 0) is 0 Å². The third-order valence-corrected chi connectivity index (χ3v) is 4.31. The fourth-order valence-corrected chi connectivity index (χ4v) is 3.06. The Morgan fingerprint density at radius 3 is 2.84 bits per heavy atom. The molecule has 4 heteroatoms. The van der Waals surface area contributed by atoms with Crippen molar-refractivity contribution >= 4 is 0 Å². The molecule has 1 aliphatic heterocycles. The van der Waals surface area contributed by atoms with Crippen LogP contribution in [0.15, 0.2) is 12.5 Å². The Labute approximate surface area is 117 Å². The fourth-order valence-electron chi connectivity index (χ4n) is 3.06. The molecule has 2 rings (SSSR count). The molecule has 1 saturated heterocycles. The molecule has 19 heavy (non-hydrogen) atoms. The van der Waals surface area contributed by atoms with Gasteiger partial charge in [-0.2, -0.15) is 0 Å². The van der Waals surface area contributed by atoms with Crippen LogP contribution in [-0.4, -0.2) is 34.1 Å². The van der Waals surface area contributed by atoms with Crippen LogP contribution in [0.2, 0.25) is 0 Å². The van der Waals surface area contributed by atoms with E-state index in [-0.39, 0.29) is 0 Å². The molecule has 2 heterocycles. The number of hydrogen-bond acceptors (Lipinski definition) is 3. The number of rotatable bonds is 4. The highest BCUT2D eigenvalue weighted by atomic mass is 15.2. The summed E-state index contributed by atoms with van der Waals surface area (Å²) < 4.78 is 2.26. The van der Waals surface area contributed by atoms with E-state index < -0.39 is 0 Å². The minimum absolute atomic E-state index is 0.315. The Hall–Kier alpha value is -0.870. The van der Waals surface area contributed by atoms with Crippen LogP contribution in [0.1, 0.15) is 57.8 Å². The van der Waals surface area contributed by atoms with Crippen molar-refractivity contribution < 1.29 is 0 Å². The summed E-state index contributed by atoms with van der Waals surface area (Å²) in [5, 5.41) is 0. The van der Waals surface area contributed by atoms with E-state index in [9.17, 15) is 0 Å². The molecule has 2 N–H and O–H groups in total. The SMILES string of the molecule is CC1CCCN(C(CN)c2cncn2C(C)C)CC1. The molecule has 0 amide bonds. The maximum Gasteiger partial charge on any atom is 0.0951 e. The molecule has 1 aromatic heterocycles. The van der Waals surface area contributed by atoms with E-state index in [1.54, 1.807) is 0 Å². The van der Waals surface area contributed by atoms with Gasteiger partial charge in [0.2, 0.25) is 0 Å². The summed E-state index contributed by atoms with van der Waals surface area (Å²) in [7, 11) is 0. The second-order valence-electron chi connectivity index (χ2n) is 6.14. The van der Waals surface area contributed by atoms with Crippen molar-refractivity contribution in [3.8, 4) is 0 Å². The molecule has 2 unspecified atom stereocenters. The molecule has 1 aromatic rings. The maximum absolute atomic E-state index is 6.07. The van der Waals surface area contributed by atoms with Crippen LogP contribution in [0.5, 0.6) is 0 Å². The molecular weight excluding hydrogens is 236 g/mol. The number of imidazole rings is 1. The Kier molecular flexibility index (Phi) is 4.99. The predicted molar refractivity (Wildman–Crippen MR) is 79.0 cm³/mol. The summed E-state index contributed by atoms with van der Waals surface area (Å²) in [4.78, 5) is 6.88. The lowest BCUT2D eigenvalue weighted by atomic mass is 10.0. The zero-order valence-corrected chi connectivity index (χ0v) is 12.5. The number of nitrogens with two attached hydrogens (primary N) is 1. The molecule has 0 aliphatic carbocycles.